The summed E-state index contributed by atoms with van der Waals surface area (Å²) < 4.78 is 0. The molecule has 0 saturated heterocycles. The number of nitrogens with two attached hydrogens (primary N) is 2. The second kappa shape index (κ2) is 16.5. The number of thiol groups is 2. The number of rotatable bonds is 16. The van der Waals surface area contributed by atoms with Gasteiger partial charge in [-0.3, -0.25) is 14.4 Å². The van der Waals surface area contributed by atoms with Gasteiger partial charge in [0.1, 0.15) is 18.1 Å². The molecule has 3 amide bonds. The SMILES string of the molecule is CSCCC(NC(=O)C(CS)NC(=O)C(CCCCN)NC(=O)C(N)CS)C(=O)O. The van der Waals surface area contributed by atoms with Gasteiger partial charge in [-0.25, -0.2) is 4.79 Å². The molecule has 174 valence electrons. The van der Waals surface area contributed by atoms with Crippen LogP contribution in [0.5, 0.6) is 0 Å². The first-order chi connectivity index (χ1) is 14.2. The van der Waals surface area contributed by atoms with E-state index < -0.39 is 47.9 Å². The van der Waals surface area contributed by atoms with E-state index in [2.05, 4.69) is 41.2 Å². The molecule has 0 fully saturated rings. The Kier molecular flexibility index (Phi) is 15.9. The van der Waals surface area contributed by atoms with Gasteiger partial charge in [0.15, 0.2) is 0 Å². The standard InChI is InChI=1S/C17H33N5O5S3/c1-30-7-5-12(17(26)27)21-16(25)13(9-29)22-15(24)11(4-2-3-6-18)20-14(23)10(19)8-28/h10-13,28-29H,2-9,18-19H2,1H3,(H,20,23)(H,21,25)(H,22,24)(H,26,27). The van der Waals surface area contributed by atoms with E-state index in [4.69, 9.17) is 11.5 Å². The molecule has 0 aliphatic carbocycles. The molecular formula is C17H33N5O5S3. The number of carbonyl (C=O) groups is 4. The van der Waals surface area contributed by atoms with Gasteiger partial charge in [-0.2, -0.15) is 37.0 Å². The number of aliphatic carboxylic acids is 1. The van der Waals surface area contributed by atoms with E-state index in [1.807, 2.05) is 6.26 Å². The van der Waals surface area contributed by atoms with E-state index >= 15 is 0 Å². The third kappa shape index (κ3) is 11.3. The average molecular weight is 484 g/mol. The topological polar surface area (TPSA) is 177 Å². The zero-order chi connectivity index (χ0) is 23.1. The van der Waals surface area contributed by atoms with Crippen molar-refractivity contribution in [1.82, 2.24) is 16.0 Å². The van der Waals surface area contributed by atoms with Crippen LogP contribution in [-0.4, -0.2) is 83.0 Å². The average Bonchev–Trinajstić information content (AvgIpc) is 2.72. The molecule has 4 unspecified atom stereocenters. The summed E-state index contributed by atoms with van der Waals surface area (Å²) in [4.78, 5) is 48.6. The first kappa shape index (κ1) is 28.9. The summed E-state index contributed by atoms with van der Waals surface area (Å²) in [6.07, 6.45) is 3.62. The van der Waals surface area contributed by atoms with Crippen molar-refractivity contribution in [2.75, 3.05) is 30.1 Å². The first-order valence-corrected chi connectivity index (χ1v) is 12.2. The summed E-state index contributed by atoms with van der Waals surface area (Å²) in [5, 5.41) is 16.8. The minimum atomic E-state index is -1.16. The van der Waals surface area contributed by atoms with Crippen LogP contribution < -0.4 is 27.4 Å². The second-order valence-electron chi connectivity index (χ2n) is 6.56. The highest BCUT2D eigenvalue weighted by molar-refractivity contribution is 7.98. The lowest BCUT2D eigenvalue weighted by molar-refractivity contribution is -0.142. The first-order valence-electron chi connectivity index (χ1n) is 9.51. The van der Waals surface area contributed by atoms with Crippen LogP contribution in [-0.2, 0) is 19.2 Å². The molecule has 0 radical (unpaired) electrons. The molecule has 10 nitrogen and oxygen atoms in total. The van der Waals surface area contributed by atoms with Crippen molar-refractivity contribution in [2.45, 2.75) is 49.9 Å². The van der Waals surface area contributed by atoms with Gasteiger partial charge in [0.05, 0.1) is 6.04 Å². The maximum absolute atomic E-state index is 12.7. The Balaban J connectivity index is 5.12. The largest absolute Gasteiger partial charge is 0.480 e. The Morgan fingerprint density at radius 1 is 0.900 bits per heavy atom. The number of hydrogen-bond acceptors (Lipinski definition) is 9. The quantitative estimate of drug-likeness (QED) is 0.0975. The van der Waals surface area contributed by atoms with Crippen LogP contribution in [0.2, 0.25) is 0 Å². The lowest BCUT2D eigenvalue weighted by Crippen LogP contribution is -2.57. The third-order valence-corrected chi connectivity index (χ3v) is 5.56. The van der Waals surface area contributed by atoms with Crippen LogP contribution in [0.1, 0.15) is 25.7 Å². The molecule has 0 bridgehead atoms. The lowest BCUT2D eigenvalue weighted by atomic mass is 10.1. The molecule has 0 aromatic carbocycles. The molecule has 30 heavy (non-hydrogen) atoms. The van der Waals surface area contributed by atoms with E-state index in [-0.39, 0.29) is 17.9 Å². The van der Waals surface area contributed by atoms with Gasteiger partial charge in [-0.05, 0) is 44.2 Å². The Hall–Kier alpha value is -1.15. The molecule has 0 aliphatic heterocycles. The van der Waals surface area contributed by atoms with Gasteiger partial charge >= 0.3 is 5.97 Å². The molecule has 13 heteroatoms. The Morgan fingerprint density at radius 2 is 1.47 bits per heavy atom. The normalized spacial score (nSPS) is 14.8. The van der Waals surface area contributed by atoms with Crippen LogP contribution in [0, 0.1) is 0 Å². The molecular weight excluding hydrogens is 450 g/mol. The number of carboxylic acid groups (broad SMARTS) is 1. The van der Waals surface area contributed by atoms with Crippen molar-refractivity contribution >= 4 is 60.7 Å². The van der Waals surface area contributed by atoms with Crippen molar-refractivity contribution in [1.29, 1.82) is 0 Å². The van der Waals surface area contributed by atoms with Crippen LogP contribution in [0.3, 0.4) is 0 Å². The summed E-state index contributed by atoms with van der Waals surface area (Å²) in [6.45, 7) is 0.437. The lowest BCUT2D eigenvalue weighted by Gasteiger charge is -2.24. The number of carbonyl (C=O) groups excluding carboxylic acids is 3. The molecule has 0 aromatic heterocycles. The number of unbranched alkanes of at least 4 members (excludes halogenated alkanes) is 1. The van der Waals surface area contributed by atoms with Gasteiger partial charge in [0, 0.05) is 11.5 Å². The summed E-state index contributed by atoms with van der Waals surface area (Å²) in [5.74, 6) is -2.33. The van der Waals surface area contributed by atoms with Crippen LogP contribution in [0.25, 0.3) is 0 Å². The summed E-state index contributed by atoms with van der Waals surface area (Å²) in [7, 11) is 0. The molecule has 8 N–H and O–H groups in total. The summed E-state index contributed by atoms with van der Waals surface area (Å²) in [6, 6.07) is -3.94. The van der Waals surface area contributed by atoms with Crippen LogP contribution in [0.4, 0.5) is 0 Å². The second-order valence-corrected chi connectivity index (χ2v) is 8.28. The maximum Gasteiger partial charge on any atom is 0.326 e. The molecule has 0 aromatic rings. The van der Waals surface area contributed by atoms with E-state index in [1.54, 1.807) is 0 Å². The van der Waals surface area contributed by atoms with Gasteiger partial charge in [0.25, 0.3) is 0 Å². The predicted molar refractivity (Wildman–Crippen MR) is 125 cm³/mol. The molecule has 0 heterocycles. The fraction of sp³-hybridized carbons (Fsp3) is 0.765. The number of amides is 3. The van der Waals surface area contributed by atoms with Crippen LogP contribution >= 0.6 is 37.0 Å². The van der Waals surface area contributed by atoms with Gasteiger partial charge in [0.2, 0.25) is 17.7 Å². The van der Waals surface area contributed by atoms with Gasteiger partial charge in [-0.1, -0.05) is 0 Å². The Labute approximate surface area is 192 Å². The molecule has 0 saturated carbocycles. The van der Waals surface area contributed by atoms with Gasteiger partial charge < -0.3 is 32.5 Å². The van der Waals surface area contributed by atoms with Crippen molar-refractivity contribution in [2.24, 2.45) is 11.5 Å². The minimum Gasteiger partial charge on any atom is -0.480 e. The van der Waals surface area contributed by atoms with E-state index in [0.29, 0.717) is 31.6 Å². The highest BCUT2D eigenvalue weighted by Gasteiger charge is 2.29. The zero-order valence-electron chi connectivity index (χ0n) is 17.0. The van der Waals surface area contributed by atoms with E-state index in [9.17, 15) is 24.3 Å². The van der Waals surface area contributed by atoms with E-state index in [0.717, 1.165) is 0 Å². The zero-order valence-corrected chi connectivity index (χ0v) is 19.6. The smallest absolute Gasteiger partial charge is 0.326 e. The van der Waals surface area contributed by atoms with E-state index in [1.165, 1.54) is 11.8 Å². The fourth-order valence-corrected chi connectivity index (χ4v) is 3.25. The maximum atomic E-state index is 12.7. The Morgan fingerprint density at radius 3 is 1.97 bits per heavy atom. The van der Waals surface area contributed by atoms with Crippen LogP contribution in [0.15, 0.2) is 0 Å². The van der Waals surface area contributed by atoms with Crippen molar-refractivity contribution in [3.8, 4) is 0 Å². The minimum absolute atomic E-state index is 0.0495. The number of hydrogen-bond donors (Lipinski definition) is 8. The number of carboxylic acids is 1. The Bertz CT molecular complexity index is 570. The van der Waals surface area contributed by atoms with Gasteiger partial charge in [-0.15, -0.1) is 0 Å². The highest BCUT2D eigenvalue weighted by atomic mass is 32.2. The molecule has 0 rings (SSSR count). The number of thioether (sulfide) groups is 1. The molecule has 0 spiro atoms. The monoisotopic (exact) mass is 483 g/mol. The predicted octanol–water partition coefficient (Wildman–Crippen LogP) is -1.41. The summed E-state index contributed by atoms with van der Waals surface area (Å²) >= 11 is 9.51. The van der Waals surface area contributed by atoms with Crippen molar-refractivity contribution < 1.29 is 24.3 Å². The third-order valence-electron chi connectivity index (χ3n) is 4.15. The fourth-order valence-electron chi connectivity index (χ4n) is 2.36. The molecule has 0 aliphatic rings. The molecule has 4 atom stereocenters. The highest BCUT2D eigenvalue weighted by Crippen LogP contribution is 2.05. The van der Waals surface area contributed by atoms with Crippen molar-refractivity contribution in [3.63, 3.8) is 0 Å². The number of nitrogens with one attached hydrogen (secondary N) is 3. The van der Waals surface area contributed by atoms with Crippen molar-refractivity contribution in [3.05, 3.63) is 0 Å². The summed E-state index contributed by atoms with van der Waals surface area (Å²) in [5.41, 5.74) is 11.1.